The Morgan fingerprint density at radius 3 is 2.53 bits per heavy atom. The number of aryl methyl sites for hydroxylation is 1. The van der Waals surface area contributed by atoms with Crippen molar-refractivity contribution in [3.8, 4) is 0 Å². The Bertz CT molecular complexity index is 651. The summed E-state index contributed by atoms with van der Waals surface area (Å²) in [4.78, 5) is 23.3. The molecule has 98 valence electrons. The molecule has 2 aromatic rings. The van der Waals surface area contributed by atoms with Crippen molar-refractivity contribution in [2.45, 2.75) is 6.92 Å². The molecule has 0 aliphatic carbocycles. The lowest BCUT2D eigenvalue weighted by Crippen LogP contribution is -2.10. The first kappa shape index (κ1) is 13.6. The lowest BCUT2D eigenvalue weighted by Gasteiger charge is -2.06. The van der Waals surface area contributed by atoms with Crippen LogP contribution in [0.1, 0.15) is 25.6 Å². The Balaban J connectivity index is 2.18. The zero-order valence-electron chi connectivity index (χ0n) is 9.94. The summed E-state index contributed by atoms with van der Waals surface area (Å²) >= 11 is 6.95. The number of carbonyl (C=O) groups excluding carboxylic acids is 1. The molecule has 0 atom stereocenters. The summed E-state index contributed by atoms with van der Waals surface area (Å²) in [7, 11) is 0. The minimum Gasteiger partial charge on any atom is -0.478 e. The van der Waals surface area contributed by atoms with Gasteiger partial charge in [-0.15, -0.1) is 11.3 Å². The van der Waals surface area contributed by atoms with E-state index in [0.29, 0.717) is 20.5 Å². The van der Waals surface area contributed by atoms with Gasteiger partial charge in [0.05, 0.1) is 14.8 Å². The highest BCUT2D eigenvalue weighted by Crippen LogP contribution is 2.23. The van der Waals surface area contributed by atoms with E-state index < -0.39 is 5.97 Å². The highest BCUT2D eigenvalue weighted by Gasteiger charge is 2.11. The summed E-state index contributed by atoms with van der Waals surface area (Å²) in [5.74, 6) is -1.25. The largest absolute Gasteiger partial charge is 0.478 e. The van der Waals surface area contributed by atoms with E-state index in [1.807, 2.05) is 0 Å². The predicted molar refractivity (Wildman–Crippen MR) is 75.4 cm³/mol. The van der Waals surface area contributed by atoms with Gasteiger partial charge >= 0.3 is 5.97 Å². The molecule has 0 aliphatic rings. The molecule has 0 aliphatic heterocycles. The number of carbonyl (C=O) groups is 2. The van der Waals surface area contributed by atoms with Gasteiger partial charge in [-0.1, -0.05) is 11.6 Å². The summed E-state index contributed by atoms with van der Waals surface area (Å²) in [6.45, 7) is 1.68. The van der Waals surface area contributed by atoms with E-state index in [1.54, 1.807) is 31.2 Å². The number of hydrogen-bond donors (Lipinski definition) is 2. The van der Waals surface area contributed by atoms with Crippen LogP contribution in [-0.2, 0) is 0 Å². The van der Waals surface area contributed by atoms with Gasteiger partial charge in [0, 0.05) is 5.69 Å². The van der Waals surface area contributed by atoms with E-state index in [-0.39, 0.29) is 11.5 Å². The zero-order valence-corrected chi connectivity index (χ0v) is 11.5. The lowest BCUT2D eigenvalue weighted by molar-refractivity contribution is 0.0696. The van der Waals surface area contributed by atoms with Crippen molar-refractivity contribution >= 4 is 40.5 Å². The molecule has 1 amide bonds. The molecule has 1 aromatic carbocycles. The Kier molecular flexibility index (Phi) is 3.87. The maximum absolute atomic E-state index is 11.9. The van der Waals surface area contributed by atoms with Gasteiger partial charge in [-0.3, -0.25) is 4.79 Å². The molecule has 0 saturated heterocycles. The molecule has 0 spiro atoms. The third-order valence-electron chi connectivity index (χ3n) is 2.51. The smallest absolute Gasteiger partial charge is 0.335 e. The van der Waals surface area contributed by atoms with E-state index in [2.05, 4.69) is 5.32 Å². The van der Waals surface area contributed by atoms with Crippen molar-refractivity contribution < 1.29 is 14.7 Å². The first-order chi connectivity index (χ1) is 8.97. The van der Waals surface area contributed by atoms with Gasteiger partial charge in [-0.25, -0.2) is 4.79 Å². The zero-order chi connectivity index (χ0) is 14.0. The van der Waals surface area contributed by atoms with E-state index in [0.717, 1.165) is 0 Å². The van der Waals surface area contributed by atoms with Crippen LogP contribution in [-0.4, -0.2) is 17.0 Å². The predicted octanol–water partition coefficient (Wildman–Crippen LogP) is 3.66. The maximum atomic E-state index is 11.9. The number of halogens is 1. The number of amides is 1. The van der Waals surface area contributed by atoms with Crippen molar-refractivity contribution in [3.05, 3.63) is 50.7 Å². The second-order valence-electron chi connectivity index (χ2n) is 3.89. The first-order valence-corrected chi connectivity index (χ1v) is 6.57. The number of aromatic carboxylic acids is 1. The molecule has 0 bridgehead atoms. The molecule has 0 saturated carbocycles. The van der Waals surface area contributed by atoms with Crippen LogP contribution < -0.4 is 5.32 Å². The Morgan fingerprint density at radius 1 is 1.26 bits per heavy atom. The molecule has 19 heavy (non-hydrogen) atoms. The van der Waals surface area contributed by atoms with Crippen molar-refractivity contribution in [2.24, 2.45) is 0 Å². The van der Waals surface area contributed by atoms with Gasteiger partial charge in [-0.2, -0.15) is 0 Å². The van der Waals surface area contributed by atoms with Crippen LogP contribution >= 0.6 is 22.9 Å². The van der Waals surface area contributed by atoms with E-state index in [4.69, 9.17) is 16.7 Å². The third-order valence-corrected chi connectivity index (χ3v) is 3.74. The fourth-order valence-electron chi connectivity index (χ4n) is 1.61. The summed E-state index contributed by atoms with van der Waals surface area (Å²) in [5, 5.41) is 11.6. The molecule has 2 rings (SSSR count). The van der Waals surface area contributed by atoms with Crippen LogP contribution in [0.25, 0.3) is 0 Å². The third kappa shape index (κ3) is 3.13. The topological polar surface area (TPSA) is 66.4 Å². The number of carboxylic acid groups (broad SMARTS) is 1. The van der Waals surface area contributed by atoms with Crippen LogP contribution in [0.5, 0.6) is 0 Å². The van der Waals surface area contributed by atoms with Crippen LogP contribution in [0.4, 0.5) is 5.69 Å². The summed E-state index contributed by atoms with van der Waals surface area (Å²) < 4.78 is 0.544. The van der Waals surface area contributed by atoms with Gasteiger partial charge in [-0.05, 0) is 42.8 Å². The summed E-state index contributed by atoms with van der Waals surface area (Å²) in [6.07, 6.45) is 0. The Morgan fingerprint density at radius 2 is 2.00 bits per heavy atom. The maximum Gasteiger partial charge on any atom is 0.335 e. The van der Waals surface area contributed by atoms with Crippen molar-refractivity contribution in [1.82, 2.24) is 0 Å². The molecular formula is C13H10ClNO3S. The Hall–Kier alpha value is -1.85. The van der Waals surface area contributed by atoms with Gasteiger partial charge in [0.1, 0.15) is 0 Å². The normalized spacial score (nSPS) is 10.2. The summed E-state index contributed by atoms with van der Waals surface area (Å²) in [5.41, 5.74) is 1.36. The summed E-state index contributed by atoms with van der Waals surface area (Å²) in [6, 6.07) is 7.94. The number of anilines is 1. The highest BCUT2D eigenvalue weighted by molar-refractivity contribution is 7.18. The second kappa shape index (κ2) is 5.42. The van der Waals surface area contributed by atoms with Crippen LogP contribution in [0, 0.1) is 6.92 Å². The highest BCUT2D eigenvalue weighted by atomic mass is 35.5. The van der Waals surface area contributed by atoms with Crippen molar-refractivity contribution in [3.63, 3.8) is 0 Å². The molecule has 6 heteroatoms. The Labute approximate surface area is 118 Å². The lowest BCUT2D eigenvalue weighted by atomic mass is 10.1. The number of carboxylic acids is 1. The van der Waals surface area contributed by atoms with Gasteiger partial charge in [0.25, 0.3) is 5.91 Å². The minimum atomic E-state index is -0.986. The fraction of sp³-hybridized carbons (Fsp3) is 0.0769. The molecule has 0 fully saturated rings. The molecule has 0 unspecified atom stereocenters. The number of hydrogen-bond acceptors (Lipinski definition) is 3. The SMILES string of the molecule is Cc1cc(NC(=O)c2ccc(Cl)s2)ccc1C(=O)O. The number of thiophene rings is 1. The van der Waals surface area contributed by atoms with Gasteiger partial charge in [0.2, 0.25) is 0 Å². The van der Waals surface area contributed by atoms with E-state index in [9.17, 15) is 9.59 Å². The standard InChI is InChI=1S/C13H10ClNO3S/c1-7-6-8(2-3-9(7)13(17)18)15-12(16)10-4-5-11(14)19-10/h2-6H,1H3,(H,15,16)(H,17,18). The molecule has 1 heterocycles. The van der Waals surface area contributed by atoms with Gasteiger partial charge < -0.3 is 10.4 Å². The number of benzene rings is 1. The van der Waals surface area contributed by atoms with Crippen LogP contribution in [0.15, 0.2) is 30.3 Å². The van der Waals surface area contributed by atoms with E-state index >= 15 is 0 Å². The average molecular weight is 296 g/mol. The number of rotatable bonds is 3. The molecule has 1 aromatic heterocycles. The minimum absolute atomic E-state index is 0.220. The molecular weight excluding hydrogens is 286 g/mol. The quantitative estimate of drug-likeness (QED) is 0.908. The van der Waals surface area contributed by atoms with Crippen LogP contribution in [0.2, 0.25) is 4.34 Å². The van der Waals surface area contributed by atoms with E-state index in [1.165, 1.54) is 17.4 Å². The molecule has 4 nitrogen and oxygen atoms in total. The number of nitrogens with one attached hydrogen (secondary N) is 1. The molecule has 2 N–H and O–H groups in total. The average Bonchev–Trinajstić information content (AvgIpc) is 2.75. The first-order valence-electron chi connectivity index (χ1n) is 5.38. The van der Waals surface area contributed by atoms with Crippen LogP contribution in [0.3, 0.4) is 0 Å². The fourth-order valence-corrected chi connectivity index (χ4v) is 2.55. The van der Waals surface area contributed by atoms with Crippen molar-refractivity contribution in [2.75, 3.05) is 5.32 Å². The van der Waals surface area contributed by atoms with Gasteiger partial charge in [0.15, 0.2) is 0 Å². The second-order valence-corrected chi connectivity index (χ2v) is 5.61. The van der Waals surface area contributed by atoms with Crippen molar-refractivity contribution in [1.29, 1.82) is 0 Å². The monoisotopic (exact) mass is 295 g/mol. The molecule has 0 radical (unpaired) electrons.